The van der Waals surface area contributed by atoms with Gasteiger partial charge in [0, 0.05) is 19.9 Å². The lowest BCUT2D eigenvalue weighted by Crippen LogP contribution is -2.48. The number of halogens is 2. The molecule has 0 atom stereocenters. The van der Waals surface area contributed by atoms with Crippen molar-refractivity contribution >= 4 is 11.9 Å². The van der Waals surface area contributed by atoms with Crippen LogP contribution in [0, 0.1) is 0 Å². The number of alkyl halides is 2. The zero-order chi connectivity index (χ0) is 13.3. The summed E-state index contributed by atoms with van der Waals surface area (Å²) in [6, 6.07) is 0.689. The van der Waals surface area contributed by atoms with Crippen LogP contribution in [-0.2, 0) is 17.3 Å². The number of hydrogen-bond donors (Lipinski definition) is 2. The highest BCUT2D eigenvalue weighted by atomic mass is 19.3. The summed E-state index contributed by atoms with van der Waals surface area (Å²) in [5.74, 6) is -3.35. The van der Waals surface area contributed by atoms with Crippen LogP contribution in [0.1, 0.15) is 24.7 Å². The lowest BCUT2D eigenvalue weighted by Gasteiger charge is -2.25. The molecule has 0 unspecified atom stereocenters. The van der Waals surface area contributed by atoms with Crippen molar-refractivity contribution in [3.63, 3.8) is 0 Å². The molecule has 3 amide bonds. The summed E-state index contributed by atoms with van der Waals surface area (Å²) < 4.78 is 25.9. The minimum Gasteiger partial charge on any atom is -0.318 e. The molecule has 1 aliphatic rings. The molecular weight excluding hydrogens is 246 g/mol. The molecule has 1 aromatic rings. The highest BCUT2D eigenvalue weighted by molar-refractivity contribution is 5.96. The maximum atomic E-state index is 13.0. The van der Waals surface area contributed by atoms with E-state index >= 15 is 0 Å². The number of carbonyl (C=O) groups excluding carboxylic acids is 2. The minimum atomic E-state index is -3.02. The maximum Gasteiger partial charge on any atom is 0.324 e. The second-order valence-corrected chi connectivity index (χ2v) is 4.19. The van der Waals surface area contributed by atoms with E-state index in [0.717, 1.165) is 6.92 Å². The summed E-state index contributed by atoms with van der Waals surface area (Å²) in [5, 5.41) is 8.10. The third-order valence-corrected chi connectivity index (χ3v) is 2.58. The number of amides is 3. The normalized spacial score (nSPS) is 16.9. The van der Waals surface area contributed by atoms with Crippen molar-refractivity contribution in [3.05, 3.63) is 17.5 Å². The van der Waals surface area contributed by atoms with Crippen LogP contribution in [0.3, 0.4) is 0 Å². The first-order valence-corrected chi connectivity index (χ1v) is 5.37. The Morgan fingerprint density at radius 1 is 1.50 bits per heavy atom. The Kier molecular flexibility index (Phi) is 3.02. The van der Waals surface area contributed by atoms with E-state index in [0.29, 0.717) is 5.69 Å². The van der Waals surface area contributed by atoms with E-state index < -0.39 is 12.0 Å². The van der Waals surface area contributed by atoms with Crippen LogP contribution >= 0.6 is 0 Å². The molecular formula is C10H12F2N4O2. The van der Waals surface area contributed by atoms with Gasteiger partial charge in [0.25, 0.3) is 5.92 Å². The molecule has 1 aliphatic heterocycles. The zero-order valence-corrected chi connectivity index (χ0v) is 9.67. The fourth-order valence-electron chi connectivity index (χ4n) is 1.62. The molecule has 0 aliphatic carbocycles. The van der Waals surface area contributed by atoms with Crippen LogP contribution in [0.15, 0.2) is 6.07 Å². The van der Waals surface area contributed by atoms with Gasteiger partial charge in [0.2, 0.25) is 5.91 Å². The molecule has 0 spiro atoms. The molecule has 6 nitrogen and oxygen atoms in total. The quantitative estimate of drug-likeness (QED) is 0.847. The Hall–Kier alpha value is -1.99. The van der Waals surface area contributed by atoms with Crippen molar-refractivity contribution < 1.29 is 18.4 Å². The molecule has 1 aromatic heterocycles. The van der Waals surface area contributed by atoms with Crippen LogP contribution in [0.25, 0.3) is 0 Å². The smallest absolute Gasteiger partial charge is 0.318 e. The van der Waals surface area contributed by atoms with E-state index in [1.807, 2.05) is 0 Å². The predicted molar refractivity (Wildman–Crippen MR) is 56.7 cm³/mol. The van der Waals surface area contributed by atoms with Gasteiger partial charge in [-0.25, -0.2) is 4.79 Å². The van der Waals surface area contributed by atoms with E-state index in [4.69, 9.17) is 0 Å². The third kappa shape index (κ3) is 2.63. The van der Waals surface area contributed by atoms with E-state index in [1.165, 1.54) is 11.0 Å². The number of hydrogen-bond acceptors (Lipinski definition) is 3. The Labute approximate surface area is 101 Å². The standard InChI is InChI=1S/C10H12F2N4O2/c1-10(11,12)7-4-6(14-15-7)5-16-3-2-8(17)13-9(16)18/h4H,2-3,5H2,1H3,(H,14,15)(H,13,17,18). The first-order chi connectivity index (χ1) is 8.36. The molecule has 0 aromatic carbocycles. The second kappa shape index (κ2) is 4.35. The number of imide groups is 1. The summed E-state index contributed by atoms with van der Waals surface area (Å²) >= 11 is 0. The third-order valence-electron chi connectivity index (χ3n) is 2.58. The van der Waals surface area contributed by atoms with Crippen LogP contribution in [0.5, 0.6) is 0 Å². The van der Waals surface area contributed by atoms with Gasteiger partial charge in [0.1, 0.15) is 5.69 Å². The van der Waals surface area contributed by atoms with Crippen molar-refractivity contribution in [2.75, 3.05) is 6.54 Å². The van der Waals surface area contributed by atoms with E-state index in [1.54, 1.807) is 0 Å². The number of carbonyl (C=O) groups is 2. The molecule has 2 heterocycles. The van der Waals surface area contributed by atoms with Gasteiger partial charge < -0.3 is 4.90 Å². The van der Waals surface area contributed by atoms with Gasteiger partial charge in [-0.1, -0.05) is 0 Å². The van der Waals surface area contributed by atoms with Gasteiger partial charge in [-0.2, -0.15) is 13.9 Å². The molecule has 2 rings (SSSR count). The number of urea groups is 1. The van der Waals surface area contributed by atoms with E-state index in [2.05, 4.69) is 15.5 Å². The molecule has 8 heteroatoms. The monoisotopic (exact) mass is 258 g/mol. The van der Waals surface area contributed by atoms with Crippen LogP contribution < -0.4 is 5.32 Å². The largest absolute Gasteiger partial charge is 0.324 e. The number of H-pyrrole nitrogens is 1. The molecule has 1 saturated heterocycles. The summed E-state index contributed by atoms with van der Waals surface area (Å²) in [4.78, 5) is 23.7. The Morgan fingerprint density at radius 3 is 2.78 bits per heavy atom. The van der Waals surface area contributed by atoms with Crippen molar-refractivity contribution in [1.29, 1.82) is 0 Å². The van der Waals surface area contributed by atoms with Gasteiger partial charge in [0.15, 0.2) is 0 Å². The second-order valence-electron chi connectivity index (χ2n) is 4.19. The van der Waals surface area contributed by atoms with Crippen molar-refractivity contribution in [1.82, 2.24) is 20.4 Å². The molecule has 2 N–H and O–H groups in total. The Bertz CT molecular complexity index is 480. The molecule has 0 bridgehead atoms. The van der Waals surface area contributed by atoms with Gasteiger partial charge in [-0.3, -0.25) is 15.2 Å². The summed E-state index contributed by atoms with van der Waals surface area (Å²) in [5.41, 5.74) is 0.0296. The predicted octanol–water partition coefficient (Wildman–Crippen LogP) is 0.963. The fourth-order valence-corrected chi connectivity index (χ4v) is 1.62. The van der Waals surface area contributed by atoms with Crippen LogP contribution in [-0.4, -0.2) is 33.6 Å². The highest BCUT2D eigenvalue weighted by Crippen LogP contribution is 2.25. The molecule has 0 radical (unpaired) electrons. The maximum absolute atomic E-state index is 13.0. The lowest BCUT2D eigenvalue weighted by molar-refractivity contribution is -0.121. The minimum absolute atomic E-state index is 0.113. The van der Waals surface area contributed by atoms with Crippen LogP contribution in [0.2, 0.25) is 0 Å². The zero-order valence-electron chi connectivity index (χ0n) is 9.67. The summed E-state index contributed by atoms with van der Waals surface area (Å²) in [6.07, 6.45) is 0.205. The molecule has 18 heavy (non-hydrogen) atoms. The van der Waals surface area contributed by atoms with E-state index in [-0.39, 0.29) is 31.1 Å². The number of rotatable bonds is 3. The Balaban J connectivity index is 2.04. The van der Waals surface area contributed by atoms with Gasteiger partial charge >= 0.3 is 6.03 Å². The molecule has 0 saturated carbocycles. The van der Waals surface area contributed by atoms with Gasteiger partial charge in [0.05, 0.1) is 12.2 Å². The number of aromatic amines is 1. The fraction of sp³-hybridized carbons (Fsp3) is 0.500. The lowest BCUT2D eigenvalue weighted by atomic mass is 10.2. The van der Waals surface area contributed by atoms with Crippen LogP contribution in [0.4, 0.5) is 13.6 Å². The average molecular weight is 258 g/mol. The van der Waals surface area contributed by atoms with E-state index in [9.17, 15) is 18.4 Å². The molecule has 1 fully saturated rings. The number of aromatic nitrogens is 2. The first-order valence-electron chi connectivity index (χ1n) is 5.37. The van der Waals surface area contributed by atoms with Crippen molar-refractivity contribution in [2.24, 2.45) is 0 Å². The van der Waals surface area contributed by atoms with Gasteiger partial charge in [-0.05, 0) is 6.07 Å². The summed E-state index contributed by atoms with van der Waals surface area (Å²) in [7, 11) is 0. The summed E-state index contributed by atoms with van der Waals surface area (Å²) in [6.45, 7) is 1.13. The average Bonchev–Trinajstić information content (AvgIpc) is 2.70. The first kappa shape index (κ1) is 12.5. The topological polar surface area (TPSA) is 78.1 Å². The molecule has 98 valence electrons. The number of nitrogens with zero attached hydrogens (tertiary/aromatic N) is 2. The SMILES string of the molecule is CC(F)(F)c1cc(CN2CCC(=O)NC2=O)[nH]n1. The van der Waals surface area contributed by atoms with Crippen molar-refractivity contribution in [3.8, 4) is 0 Å². The number of nitrogens with one attached hydrogen (secondary N) is 2. The highest BCUT2D eigenvalue weighted by Gasteiger charge is 2.29. The Morgan fingerprint density at radius 2 is 2.22 bits per heavy atom. The van der Waals surface area contributed by atoms with Gasteiger partial charge in [-0.15, -0.1) is 0 Å². The van der Waals surface area contributed by atoms with Crippen molar-refractivity contribution in [2.45, 2.75) is 25.8 Å².